The lowest BCUT2D eigenvalue weighted by Crippen LogP contribution is -2.29. The van der Waals surface area contributed by atoms with Crippen molar-refractivity contribution >= 4 is 12.1 Å². The Bertz CT molecular complexity index is 473. The highest BCUT2D eigenvalue weighted by Crippen LogP contribution is 2.41. The van der Waals surface area contributed by atoms with Gasteiger partial charge in [0.15, 0.2) is 5.54 Å². The van der Waals surface area contributed by atoms with Crippen molar-refractivity contribution in [2.24, 2.45) is 0 Å². The predicted octanol–water partition coefficient (Wildman–Crippen LogP) is 1.87. The number of amides is 1. The van der Waals surface area contributed by atoms with Crippen molar-refractivity contribution in [3.05, 3.63) is 35.9 Å². The number of rotatable bonds is 3. The second kappa shape index (κ2) is 4.33. The van der Waals surface area contributed by atoms with Gasteiger partial charge in [-0.05, 0) is 19.4 Å². The molecule has 0 aromatic heterocycles. The molecule has 0 unspecified atom stereocenters. The summed E-state index contributed by atoms with van der Waals surface area (Å²) in [6, 6.07) is 8.93. The maximum absolute atomic E-state index is 11.7. The first-order chi connectivity index (χ1) is 8.48. The van der Waals surface area contributed by atoms with Gasteiger partial charge in [0.05, 0.1) is 6.04 Å². The van der Waals surface area contributed by atoms with Gasteiger partial charge in [-0.1, -0.05) is 30.3 Å². The van der Waals surface area contributed by atoms with Crippen LogP contribution in [0.4, 0.5) is 4.79 Å². The van der Waals surface area contributed by atoms with Crippen LogP contribution in [0, 0.1) is 0 Å². The number of ether oxygens (including phenoxy) is 1. The standard InChI is InChI=1S/C13H15NO4/c1-9-13(2,11(15)16)14(9)12(17)18-8-10-6-4-3-5-7-10/h3-7,9H,8H2,1-2H3,(H,15,16)/t9-,13+,14?/m0/s1. The molecule has 1 aromatic carbocycles. The van der Waals surface area contributed by atoms with Crippen molar-refractivity contribution in [2.75, 3.05) is 0 Å². The van der Waals surface area contributed by atoms with Crippen LogP contribution in [0.2, 0.25) is 0 Å². The van der Waals surface area contributed by atoms with E-state index in [9.17, 15) is 9.59 Å². The van der Waals surface area contributed by atoms with Crippen molar-refractivity contribution < 1.29 is 19.4 Å². The summed E-state index contributed by atoms with van der Waals surface area (Å²) in [7, 11) is 0. The van der Waals surface area contributed by atoms with E-state index in [1.807, 2.05) is 30.3 Å². The molecule has 1 heterocycles. The van der Waals surface area contributed by atoms with Gasteiger partial charge in [0.25, 0.3) is 0 Å². The monoisotopic (exact) mass is 249 g/mol. The second-order valence-electron chi connectivity index (χ2n) is 4.54. The molecule has 0 radical (unpaired) electrons. The fourth-order valence-corrected chi connectivity index (χ4v) is 1.97. The zero-order valence-electron chi connectivity index (χ0n) is 10.3. The van der Waals surface area contributed by atoms with Crippen molar-refractivity contribution in [1.82, 2.24) is 4.90 Å². The highest BCUT2D eigenvalue weighted by atomic mass is 16.6. The lowest BCUT2D eigenvalue weighted by molar-refractivity contribution is -0.140. The number of carbonyl (C=O) groups is 2. The minimum atomic E-state index is -1.13. The minimum absolute atomic E-state index is 0.151. The van der Waals surface area contributed by atoms with Gasteiger partial charge in [-0.15, -0.1) is 0 Å². The van der Waals surface area contributed by atoms with E-state index >= 15 is 0 Å². The summed E-state index contributed by atoms with van der Waals surface area (Å²) in [4.78, 5) is 24.0. The number of hydrogen-bond acceptors (Lipinski definition) is 3. The SMILES string of the molecule is C[C@@H]1N(C(=O)OCc2ccccc2)[C@@]1(C)C(=O)O. The van der Waals surface area contributed by atoms with E-state index in [0.717, 1.165) is 5.56 Å². The zero-order valence-corrected chi connectivity index (χ0v) is 10.3. The fourth-order valence-electron chi connectivity index (χ4n) is 1.97. The first-order valence-electron chi connectivity index (χ1n) is 5.71. The summed E-state index contributed by atoms with van der Waals surface area (Å²) in [5.41, 5.74) is -0.259. The minimum Gasteiger partial charge on any atom is -0.479 e. The first kappa shape index (κ1) is 12.4. The van der Waals surface area contributed by atoms with Crippen LogP contribution in [0.3, 0.4) is 0 Å². The average Bonchev–Trinajstić information content (AvgIpc) is 2.92. The van der Waals surface area contributed by atoms with Gasteiger partial charge in [-0.25, -0.2) is 9.59 Å². The Morgan fingerprint density at radius 1 is 1.39 bits per heavy atom. The molecule has 5 nitrogen and oxygen atoms in total. The Morgan fingerprint density at radius 3 is 2.50 bits per heavy atom. The topological polar surface area (TPSA) is 66.6 Å². The molecule has 0 saturated carbocycles. The average molecular weight is 249 g/mol. The molecule has 18 heavy (non-hydrogen) atoms. The molecule has 1 N–H and O–H groups in total. The van der Waals surface area contributed by atoms with Crippen LogP contribution in [0.1, 0.15) is 19.4 Å². The van der Waals surface area contributed by atoms with E-state index in [4.69, 9.17) is 9.84 Å². The number of carboxylic acid groups (broad SMARTS) is 1. The third-order valence-electron chi connectivity index (χ3n) is 3.47. The number of carboxylic acids is 1. The highest BCUT2D eigenvalue weighted by molar-refractivity contribution is 5.91. The quantitative estimate of drug-likeness (QED) is 0.830. The Balaban J connectivity index is 1.93. The van der Waals surface area contributed by atoms with E-state index in [0.29, 0.717) is 0 Å². The van der Waals surface area contributed by atoms with Crippen LogP contribution in [-0.2, 0) is 16.1 Å². The molecule has 1 fully saturated rings. The van der Waals surface area contributed by atoms with E-state index in [1.165, 1.54) is 11.8 Å². The molecular weight excluding hydrogens is 234 g/mol. The summed E-state index contributed by atoms with van der Waals surface area (Å²) in [5, 5.41) is 9.04. The van der Waals surface area contributed by atoms with Crippen LogP contribution in [0.5, 0.6) is 0 Å². The number of hydrogen-bond donors (Lipinski definition) is 1. The van der Waals surface area contributed by atoms with Crippen LogP contribution in [0.15, 0.2) is 30.3 Å². The van der Waals surface area contributed by atoms with Crippen molar-refractivity contribution in [3.8, 4) is 0 Å². The van der Waals surface area contributed by atoms with E-state index < -0.39 is 17.6 Å². The van der Waals surface area contributed by atoms with Gasteiger partial charge < -0.3 is 9.84 Å². The summed E-state index contributed by atoms with van der Waals surface area (Å²) >= 11 is 0. The first-order valence-corrected chi connectivity index (χ1v) is 5.71. The van der Waals surface area contributed by atoms with Gasteiger partial charge in [0, 0.05) is 0 Å². The lowest BCUT2D eigenvalue weighted by Gasteiger charge is -2.08. The summed E-state index contributed by atoms with van der Waals surface area (Å²) in [6.45, 7) is 3.36. The summed E-state index contributed by atoms with van der Waals surface area (Å²) < 4.78 is 5.09. The molecule has 2 atom stereocenters. The second-order valence-corrected chi connectivity index (χ2v) is 4.54. The molecule has 0 bridgehead atoms. The van der Waals surface area contributed by atoms with Crippen molar-refractivity contribution in [1.29, 1.82) is 0 Å². The summed E-state index contributed by atoms with van der Waals surface area (Å²) in [6.07, 6.45) is -0.587. The van der Waals surface area contributed by atoms with Crippen molar-refractivity contribution in [2.45, 2.75) is 32.0 Å². The predicted molar refractivity (Wildman–Crippen MR) is 64.0 cm³/mol. The van der Waals surface area contributed by atoms with Crippen LogP contribution in [0.25, 0.3) is 0 Å². The smallest absolute Gasteiger partial charge is 0.411 e. The van der Waals surface area contributed by atoms with Gasteiger partial charge in [0.1, 0.15) is 6.61 Å². The molecule has 1 aromatic rings. The Hall–Kier alpha value is -2.04. The van der Waals surface area contributed by atoms with Crippen LogP contribution >= 0.6 is 0 Å². The molecule has 2 rings (SSSR count). The number of nitrogens with zero attached hydrogens (tertiary/aromatic N) is 1. The maximum atomic E-state index is 11.7. The molecule has 5 heteroatoms. The normalized spacial score (nSPS) is 25.7. The third-order valence-corrected chi connectivity index (χ3v) is 3.47. The van der Waals surface area contributed by atoms with Gasteiger partial charge >= 0.3 is 12.1 Å². The molecule has 1 saturated heterocycles. The van der Waals surface area contributed by atoms with E-state index in [-0.39, 0.29) is 12.6 Å². The summed E-state index contributed by atoms with van der Waals surface area (Å²) in [5.74, 6) is -1.01. The van der Waals surface area contributed by atoms with Crippen LogP contribution < -0.4 is 0 Å². The van der Waals surface area contributed by atoms with Gasteiger partial charge in [-0.3, -0.25) is 4.90 Å². The highest BCUT2D eigenvalue weighted by Gasteiger charge is 2.66. The van der Waals surface area contributed by atoms with Gasteiger partial charge in [0.2, 0.25) is 0 Å². The van der Waals surface area contributed by atoms with Crippen molar-refractivity contribution in [3.63, 3.8) is 0 Å². The van der Waals surface area contributed by atoms with Crippen LogP contribution in [-0.4, -0.2) is 33.6 Å². The molecule has 96 valence electrons. The Labute approximate surface area is 105 Å². The number of carbonyl (C=O) groups excluding carboxylic acids is 1. The molecule has 1 aliphatic heterocycles. The molecule has 1 amide bonds. The molecule has 0 spiro atoms. The number of benzene rings is 1. The largest absolute Gasteiger partial charge is 0.479 e. The Morgan fingerprint density at radius 2 is 2.00 bits per heavy atom. The van der Waals surface area contributed by atoms with E-state index in [2.05, 4.69) is 0 Å². The third kappa shape index (κ3) is 1.92. The van der Waals surface area contributed by atoms with E-state index in [1.54, 1.807) is 6.92 Å². The molecular formula is C13H15NO4. The number of aliphatic carboxylic acids is 1. The Kier molecular flexibility index (Phi) is 2.98. The zero-order chi connectivity index (χ0) is 13.3. The fraction of sp³-hybridized carbons (Fsp3) is 0.385. The van der Waals surface area contributed by atoms with Gasteiger partial charge in [-0.2, -0.15) is 0 Å². The lowest BCUT2D eigenvalue weighted by atomic mass is 10.1. The maximum Gasteiger partial charge on any atom is 0.411 e. The molecule has 1 aliphatic rings. The molecule has 0 aliphatic carbocycles.